The van der Waals surface area contributed by atoms with E-state index in [1.165, 1.54) is 11.6 Å². The minimum absolute atomic E-state index is 0.0690. The second kappa shape index (κ2) is 7.47. The molecule has 0 saturated carbocycles. The molecule has 2 rings (SSSR count). The number of hydrogen-bond donors (Lipinski definition) is 1. The van der Waals surface area contributed by atoms with Gasteiger partial charge in [-0.25, -0.2) is 0 Å². The smallest absolute Gasteiger partial charge is 0.129 e. The van der Waals surface area contributed by atoms with E-state index < -0.39 is 0 Å². The Hall–Kier alpha value is -3.30. The first-order valence-corrected chi connectivity index (χ1v) is 6.84. The summed E-state index contributed by atoms with van der Waals surface area (Å²) in [6, 6.07) is 21.5. The second-order valence-corrected chi connectivity index (χ2v) is 4.74. The molecule has 0 aliphatic rings. The molecule has 2 aromatic rings. The molecule has 0 atom stereocenters. The number of anilines is 1. The Balaban J connectivity index is 2.39. The molecule has 0 spiro atoms. The van der Waals surface area contributed by atoms with E-state index in [0.29, 0.717) is 0 Å². The van der Waals surface area contributed by atoms with Gasteiger partial charge in [-0.05, 0) is 36.8 Å². The van der Waals surface area contributed by atoms with Gasteiger partial charge < -0.3 is 5.32 Å². The Labute approximate surface area is 130 Å². The minimum Gasteiger partial charge on any atom is -0.355 e. The Morgan fingerprint density at radius 3 is 2.14 bits per heavy atom. The van der Waals surface area contributed by atoms with Crippen LogP contribution in [0.15, 0.2) is 72.3 Å². The summed E-state index contributed by atoms with van der Waals surface area (Å²) in [5.41, 5.74) is 4.00. The first-order chi connectivity index (χ1) is 10.7. The van der Waals surface area contributed by atoms with Crippen molar-refractivity contribution in [1.29, 1.82) is 10.5 Å². The average Bonchev–Trinajstić information content (AvgIpc) is 2.56. The van der Waals surface area contributed by atoms with Gasteiger partial charge in [0.2, 0.25) is 0 Å². The van der Waals surface area contributed by atoms with Crippen molar-refractivity contribution in [2.45, 2.75) is 6.92 Å². The predicted octanol–water partition coefficient (Wildman–Crippen LogP) is 4.42. The number of hydrogen-bond acceptors (Lipinski definition) is 3. The van der Waals surface area contributed by atoms with Crippen LogP contribution in [-0.4, -0.2) is 0 Å². The van der Waals surface area contributed by atoms with Gasteiger partial charge in [0.25, 0.3) is 0 Å². The number of allylic oxidation sites excluding steroid dienone is 3. The van der Waals surface area contributed by atoms with E-state index >= 15 is 0 Å². The molecule has 0 bridgehead atoms. The molecule has 106 valence electrons. The van der Waals surface area contributed by atoms with Gasteiger partial charge in [0.05, 0.1) is 0 Å². The van der Waals surface area contributed by atoms with Crippen LogP contribution in [0.2, 0.25) is 0 Å². The zero-order valence-corrected chi connectivity index (χ0v) is 12.2. The molecule has 0 aromatic heterocycles. The summed E-state index contributed by atoms with van der Waals surface area (Å²) in [5.74, 6) is 0. The summed E-state index contributed by atoms with van der Waals surface area (Å²) in [6.45, 7) is 2.03. The van der Waals surface area contributed by atoms with E-state index in [1.54, 1.807) is 6.08 Å². The molecule has 2 aromatic carbocycles. The van der Waals surface area contributed by atoms with Gasteiger partial charge in [-0.1, -0.05) is 48.0 Å². The Morgan fingerprint density at radius 2 is 1.55 bits per heavy atom. The third-order valence-electron chi connectivity index (χ3n) is 3.07. The minimum atomic E-state index is 0.0690. The maximum absolute atomic E-state index is 8.85. The molecule has 0 radical (unpaired) electrons. The van der Waals surface area contributed by atoms with Crippen molar-refractivity contribution < 1.29 is 0 Å². The number of benzene rings is 2. The molecular formula is C19H15N3. The molecule has 0 fully saturated rings. The van der Waals surface area contributed by atoms with Crippen LogP contribution in [-0.2, 0) is 0 Å². The van der Waals surface area contributed by atoms with E-state index in [1.807, 2.05) is 73.7 Å². The fourth-order valence-electron chi connectivity index (χ4n) is 1.89. The van der Waals surface area contributed by atoms with Crippen molar-refractivity contribution in [3.05, 3.63) is 83.4 Å². The van der Waals surface area contributed by atoms with Crippen molar-refractivity contribution >= 4 is 11.4 Å². The zero-order valence-electron chi connectivity index (χ0n) is 12.2. The van der Waals surface area contributed by atoms with Crippen LogP contribution < -0.4 is 5.32 Å². The Kier molecular flexibility index (Phi) is 5.13. The number of nitrogens with zero attached hydrogens (tertiary/aromatic N) is 2. The largest absolute Gasteiger partial charge is 0.355 e. The standard InChI is InChI=1S/C19H15N3/c1-15-7-10-17(11-8-15)19(12-9-16(13-20)14-21)22-18-5-3-2-4-6-18/h2-12,22H,1H3. The lowest BCUT2D eigenvalue weighted by atomic mass is 10.1. The Morgan fingerprint density at radius 1 is 0.909 bits per heavy atom. The summed E-state index contributed by atoms with van der Waals surface area (Å²) >= 11 is 0. The van der Waals surface area contributed by atoms with Crippen LogP contribution in [0.25, 0.3) is 5.70 Å². The fourth-order valence-corrected chi connectivity index (χ4v) is 1.89. The summed E-state index contributed by atoms with van der Waals surface area (Å²) in [5, 5.41) is 21.0. The monoisotopic (exact) mass is 285 g/mol. The van der Waals surface area contributed by atoms with Crippen LogP contribution in [0.5, 0.6) is 0 Å². The SMILES string of the molecule is Cc1ccc(C(=CC=C(C#N)C#N)Nc2ccccc2)cc1. The topological polar surface area (TPSA) is 59.6 Å². The van der Waals surface area contributed by atoms with Crippen LogP contribution in [0.3, 0.4) is 0 Å². The van der Waals surface area contributed by atoms with Gasteiger partial charge in [0.1, 0.15) is 17.7 Å². The summed E-state index contributed by atoms with van der Waals surface area (Å²) in [7, 11) is 0. The van der Waals surface area contributed by atoms with Crippen molar-refractivity contribution in [3.8, 4) is 12.1 Å². The quantitative estimate of drug-likeness (QED) is 0.668. The maximum atomic E-state index is 8.85. The highest BCUT2D eigenvalue weighted by Gasteiger charge is 2.02. The normalized spacial score (nSPS) is 10.2. The number of nitrogens with one attached hydrogen (secondary N) is 1. The van der Waals surface area contributed by atoms with Gasteiger partial charge in [-0.3, -0.25) is 0 Å². The van der Waals surface area contributed by atoms with Gasteiger partial charge in [-0.15, -0.1) is 0 Å². The molecule has 3 nitrogen and oxygen atoms in total. The predicted molar refractivity (Wildman–Crippen MR) is 88.5 cm³/mol. The molecule has 0 amide bonds. The Bertz CT molecular complexity index is 754. The van der Waals surface area contributed by atoms with E-state index in [-0.39, 0.29) is 5.57 Å². The molecule has 22 heavy (non-hydrogen) atoms. The first kappa shape index (κ1) is 15.1. The molecule has 0 aliphatic carbocycles. The van der Waals surface area contributed by atoms with E-state index in [9.17, 15) is 0 Å². The van der Waals surface area contributed by atoms with Gasteiger partial charge >= 0.3 is 0 Å². The molecule has 0 aliphatic heterocycles. The summed E-state index contributed by atoms with van der Waals surface area (Å²) in [6.07, 6.45) is 3.27. The van der Waals surface area contributed by atoms with Crippen molar-refractivity contribution in [2.24, 2.45) is 0 Å². The summed E-state index contributed by atoms with van der Waals surface area (Å²) in [4.78, 5) is 0. The van der Waals surface area contributed by atoms with Gasteiger partial charge in [0.15, 0.2) is 0 Å². The lowest BCUT2D eigenvalue weighted by Crippen LogP contribution is -1.98. The molecule has 0 saturated heterocycles. The molecule has 1 N–H and O–H groups in total. The highest BCUT2D eigenvalue weighted by Crippen LogP contribution is 2.19. The van der Waals surface area contributed by atoms with Gasteiger partial charge in [-0.2, -0.15) is 10.5 Å². The molecule has 0 unspecified atom stereocenters. The molecular weight excluding hydrogens is 270 g/mol. The van der Waals surface area contributed by atoms with Crippen molar-refractivity contribution in [3.63, 3.8) is 0 Å². The first-order valence-electron chi connectivity index (χ1n) is 6.84. The van der Waals surface area contributed by atoms with Crippen LogP contribution >= 0.6 is 0 Å². The number of rotatable bonds is 4. The lowest BCUT2D eigenvalue weighted by Gasteiger charge is -2.11. The lowest BCUT2D eigenvalue weighted by molar-refractivity contribution is 1.44. The van der Waals surface area contributed by atoms with Crippen LogP contribution in [0, 0.1) is 29.6 Å². The average molecular weight is 285 g/mol. The number of nitriles is 2. The number of para-hydroxylation sites is 1. The summed E-state index contributed by atoms with van der Waals surface area (Å²) < 4.78 is 0. The second-order valence-electron chi connectivity index (χ2n) is 4.74. The van der Waals surface area contributed by atoms with E-state index in [0.717, 1.165) is 16.9 Å². The molecule has 3 heteroatoms. The van der Waals surface area contributed by atoms with Crippen molar-refractivity contribution in [2.75, 3.05) is 5.32 Å². The highest BCUT2D eigenvalue weighted by atomic mass is 14.9. The van der Waals surface area contributed by atoms with Crippen molar-refractivity contribution in [1.82, 2.24) is 0 Å². The molecule has 0 heterocycles. The van der Waals surface area contributed by atoms with Crippen LogP contribution in [0.1, 0.15) is 11.1 Å². The maximum Gasteiger partial charge on any atom is 0.129 e. The van der Waals surface area contributed by atoms with E-state index in [2.05, 4.69) is 5.32 Å². The van der Waals surface area contributed by atoms with E-state index in [4.69, 9.17) is 10.5 Å². The zero-order chi connectivity index (χ0) is 15.8. The number of aryl methyl sites for hydroxylation is 1. The third-order valence-corrected chi connectivity index (χ3v) is 3.07. The van der Waals surface area contributed by atoms with Gasteiger partial charge in [0, 0.05) is 11.4 Å². The highest BCUT2D eigenvalue weighted by molar-refractivity contribution is 5.78. The third kappa shape index (κ3) is 4.10. The fraction of sp³-hybridized carbons (Fsp3) is 0.0526. The van der Waals surface area contributed by atoms with Crippen LogP contribution in [0.4, 0.5) is 5.69 Å².